The molecular formula is C16H25NO4. The number of carboxylic acid groups (broad SMARTS) is 1. The zero-order chi connectivity index (χ0) is 14.8. The van der Waals surface area contributed by atoms with Crippen molar-refractivity contribution in [2.75, 3.05) is 13.2 Å². The standard InChI is InChI=1S/C16H25NO4/c18-15(9-11-5-7-21-8-6-11)17-13-4-2-1-3-12(13)10-14(17)16(19)20/h11-14H,1-10H2,(H,19,20). The van der Waals surface area contributed by atoms with Gasteiger partial charge in [0.25, 0.3) is 0 Å². The van der Waals surface area contributed by atoms with E-state index >= 15 is 0 Å². The quantitative estimate of drug-likeness (QED) is 0.865. The number of nitrogens with zero attached hydrogens (tertiary/aromatic N) is 1. The highest BCUT2D eigenvalue weighted by molar-refractivity contribution is 5.85. The molecule has 0 aromatic heterocycles. The molecule has 5 heteroatoms. The monoisotopic (exact) mass is 295 g/mol. The van der Waals surface area contributed by atoms with E-state index in [2.05, 4.69) is 0 Å². The maximum atomic E-state index is 12.7. The van der Waals surface area contributed by atoms with Crippen molar-refractivity contribution in [3.63, 3.8) is 0 Å². The van der Waals surface area contributed by atoms with E-state index in [1.54, 1.807) is 4.90 Å². The van der Waals surface area contributed by atoms with Crippen molar-refractivity contribution in [3.8, 4) is 0 Å². The molecular weight excluding hydrogens is 270 g/mol. The van der Waals surface area contributed by atoms with Crippen LogP contribution in [0.3, 0.4) is 0 Å². The summed E-state index contributed by atoms with van der Waals surface area (Å²) in [6.45, 7) is 1.46. The molecule has 2 saturated heterocycles. The summed E-state index contributed by atoms with van der Waals surface area (Å²) in [5.41, 5.74) is 0. The lowest BCUT2D eigenvalue weighted by atomic mass is 9.84. The van der Waals surface area contributed by atoms with Crippen molar-refractivity contribution in [1.82, 2.24) is 4.90 Å². The Labute approximate surface area is 125 Å². The second-order valence-corrected chi connectivity index (χ2v) is 6.76. The van der Waals surface area contributed by atoms with Crippen LogP contribution in [-0.4, -0.2) is 47.2 Å². The van der Waals surface area contributed by atoms with Gasteiger partial charge in [0.15, 0.2) is 0 Å². The van der Waals surface area contributed by atoms with Crippen molar-refractivity contribution in [2.24, 2.45) is 11.8 Å². The van der Waals surface area contributed by atoms with Gasteiger partial charge in [-0.25, -0.2) is 4.79 Å². The fourth-order valence-corrected chi connectivity index (χ4v) is 4.34. The Bertz CT molecular complexity index is 405. The molecule has 1 amide bonds. The number of likely N-dealkylation sites (tertiary alicyclic amines) is 1. The SMILES string of the molecule is O=C(O)C1CC2CCCCC2N1C(=O)CC1CCOCC1. The third kappa shape index (κ3) is 3.07. The van der Waals surface area contributed by atoms with Crippen LogP contribution in [0.2, 0.25) is 0 Å². The number of rotatable bonds is 3. The zero-order valence-electron chi connectivity index (χ0n) is 12.5. The number of carbonyl (C=O) groups is 2. The van der Waals surface area contributed by atoms with Crippen molar-refractivity contribution in [2.45, 2.75) is 63.5 Å². The first-order valence-electron chi connectivity index (χ1n) is 8.28. The third-order valence-corrected chi connectivity index (χ3v) is 5.47. The van der Waals surface area contributed by atoms with Crippen LogP contribution in [0.25, 0.3) is 0 Å². The van der Waals surface area contributed by atoms with Crippen molar-refractivity contribution in [3.05, 3.63) is 0 Å². The summed E-state index contributed by atoms with van der Waals surface area (Å²) in [6.07, 6.45) is 7.35. The lowest BCUT2D eigenvalue weighted by Crippen LogP contribution is -2.46. The van der Waals surface area contributed by atoms with E-state index in [-0.39, 0.29) is 11.9 Å². The summed E-state index contributed by atoms with van der Waals surface area (Å²) in [5, 5.41) is 9.47. The average molecular weight is 295 g/mol. The number of carboxylic acids is 1. The molecule has 2 heterocycles. The van der Waals surface area contributed by atoms with Crippen LogP contribution in [0, 0.1) is 11.8 Å². The number of amides is 1. The highest BCUT2D eigenvalue weighted by atomic mass is 16.5. The van der Waals surface area contributed by atoms with Gasteiger partial charge in [-0.05, 0) is 43.9 Å². The molecule has 1 N–H and O–H groups in total. The van der Waals surface area contributed by atoms with E-state index < -0.39 is 12.0 Å². The molecule has 3 unspecified atom stereocenters. The molecule has 1 aliphatic carbocycles. The summed E-state index contributed by atoms with van der Waals surface area (Å²) in [5.74, 6) is -0.00440. The fraction of sp³-hybridized carbons (Fsp3) is 0.875. The third-order valence-electron chi connectivity index (χ3n) is 5.47. The minimum absolute atomic E-state index is 0.0590. The highest BCUT2D eigenvalue weighted by Crippen LogP contribution is 2.40. The van der Waals surface area contributed by atoms with Crippen LogP contribution < -0.4 is 0 Å². The molecule has 0 aromatic carbocycles. The Hall–Kier alpha value is -1.10. The largest absolute Gasteiger partial charge is 0.480 e. The normalized spacial score (nSPS) is 33.7. The van der Waals surface area contributed by atoms with Crippen LogP contribution >= 0.6 is 0 Å². The number of ether oxygens (including phenoxy) is 1. The Balaban J connectivity index is 1.69. The first-order chi connectivity index (χ1) is 10.2. The summed E-state index contributed by atoms with van der Waals surface area (Å²) in [6, 6.07) is -0.419. The fourth-order valence-electron chi connectivity index (χ4n) is 4.34. The molecule has 3 rings (SSSR count). The van der Waals surface area contributed by atoms with E-state index in [0.717, 1.165) is 45.3 Å². The van der Waals surface area contributed by atoms with E-state index in [1.165, 1.54) is 6.42 Å². The molecule has 21 heavy (non-hydrogen) atoms. The average Bonchev–Trinajstić information content (AvgIpc) is 2.88. The smallest absolute Gasteiger partial charge is 0.326 e. The Morgan fingerprint density at radius 2 is 1.81 bits per heavy atom. The topological polar surface area (TPSA) is 66.8 Å². The molecule has 3 aliphatic rings. The van der Waals surface area contributed by atoms with Gasteiger partial charge in [-0.2, -0.15) is 0 Å². The number of fused-ring (bicyclic) bond motifs is 1. The van der Waals surface area contributed by atoms with Crippen LogP contribution in [0.4, 0.5) is 0 Å². The lowest BCUT2D eigenvalue weighted by Gasteiger charge is -2.34. The van der Waals surface area contributed by atoms with Gasteiger partial charge in [0.1, 0.15) is 6.04 Å². The van der Waals surface area contributed by atoms with E-state index in [1.807, 2.05) is 0 Å². The lowest BCUT2D eigenvalue weighted by molar-refractivity contribution is -0.150. The van der Waals surface area contributed by atoms with Gasteiger partial charge in [0.2, 0.25) is 5.91 Å². The molecule has 0 aromatic rings. The maximum Gasteiger partial charge on any atom is 0.326 e. The van der Waals surface area contributed by atoms with Gasteiger partial charge in [-0.1, -0.05) is 12.8 Å². The molecule has 0 radical (unpaired) electrons. The predicted molar refractivity (Wildman–Crippen MR) is 76.8 cm³/mol. The molecule has 3 atom stereocenters. The Morgan fingerprint density at radius 1 is 1.10 bits per heavy atom. The van der Waals surface area contributed by atoms with Crippen LogP contribution in [0.1, 0.15) is 51.4 Å². The summed E-state index contributed by atoms with van der Waals surface area (Å²) in [4.78, 5) is 26.0. The number of hydrogen-bond acceptors (Lipinski definition) is 3. The summed E-state index contributed by atoms with van der Waals surface area (Å²) >= 11 is 0. The number of hydrogen-bond donors (Lipinski definition) is 1. The minimum atomic E-state index is -0.829. The van der Waals surface area contributed by atoms with E-state index in [9.17, 15) is 14.7 Å². The predicted octanol–water partition coefficient (Wildman–Crippen LogP) is 2.05. The van der Waals surface area contributed by atoms with Crippen LogP contribution in [0.15, 0.2) is 0 Å². The molecule has 3 fully saturated rings. The zero-order valence-corrected chi connectivity index (χ0v) is 12.5. The van der Waals surface area contributed by atoms with Crippen molar-refractivity contribution >= 4 is 11.9 Å². The summed E-state index contributed by atoms with van der Waals surface area (Å²) < 4.78 is 5.33. The van der Waals surface area contributed by atoms with Crippen LogP contribution in [-0.2, 0) is 14.3 Å². The van der Waals surface area contributed by atoms with Gasteiger partial charge in [0.05, 0.1) is 0 Å². The van der Waals surface area contributed by atoms with Gasteiger partial charge < -0.3 is 14.7 Å². The van der Waals surface area contributed by atoms with E-state index in [4.69, 9.17) is 4.74 Å². The van der Waals surface area contributed by atoms with Gasteiger partial charge >= 0.3 is 5.97 Å². The molecule has 2 aliphatic heterocycles. The first-order valence-corrected chi connectivity index (χ1v) is 8.28. The van der Waals surface area contributed by atoms with Gasteiger partial charge in [0, 0.05) is 25.7 Å². The molecule has 5 nitrogen and oxygen atoms in total. The molecule has 0 bridgehead atoms. The van der Waals surface area contributed by atoms with Crippen molar-refractivity contribution in [1.29, 1.82) is 0 Å². The second-order valence-electron chi connectivity index (χ2n) is 6.76. The second kappa shape index (κ2) is 6.34. The maximum absolute atomic E-state index is 12.7. The Kier molecular flexibility index (Phi) is 4.48. The number of aliphatic carboxylic acids is 1. The highest BCUT2D eigenvalue weighted by Gasteiger charge is 2.47. The van der Waals surface area contributed by atoms with Gasteiger partial charge in [-0.3, -0.25) is 4.79 Å². The van der Waals surface area contributed by atoms with Crippen molar-refractivity contribution < 1.29 is 19.4 Å². The Morgan fingerprint density at radius 3 is 2.52 bits per heavy atom. The molecule has 1 saturated carbocycles. The molecule has 118 valence electrons. The molecule has 0 spiro atoms. The van der Waals surface area contributed by atoms with E-state index in [0.29, 0.717) is 24.7 Å². The van der Waals surface area contributed by atoms with Crippen LogP contribution in [0.5, 0.6) is 0 Å². The number of carbonyl (C=O) groups excluding carboxylic acids is 1. The summed E-state index contributed by atoms with van der Waals surface area (Å²) in [7, 11) is 0. The minimum Gasteiger partial charge on any atom is -0.480 e. The first kappa shape index (κ1) is 14.8. The van der Waals surface area contributed by atoms with Gasteiger partial charge in [-0.15, -0.1) is 0 Å².